The lowest BCUT2D eigenvalue weighted by molar-refractivity contribution is 0.295. The number of nitrogens with zero attached hydrogens (tertiary/aromatic N) is 1. The molecule has 0 amide bonds. The summed E-state index contributed by atoms with van der Waals surface area (Å²) in [5.74, 6) is 1.38. The van der Waals surface area contributed by atoms with E-state index in [1.165, 1.54) is 24.0 Å². The molecule has 1 aliphatic rings. The van der Waals surface area contributed by atoms with E-state index in [4.69, 9.17) is 0 Å². The molecule has 2 N–H and O–H groups in total. The summed E-state index contributed by atoms with van der Waals surface area (Å²) in [6.07, 6.45) is 4.53. The monoisotopic (exact) mass is 353 g/mol. The van der Waals surface area contributed by atoms with Crippen molar-refractivity contribution in [2.45, 2.75) is 44.9 Å². The van der Waals surface area contributed by atoms with Crippen molar-refractivity contribution in [3.05, 3.63) is 59.7 Å². The standard InChI is InChI=1S/C23H31NO2/c1-18(2)10-12-23(20-4-3-5-22(26)16-20)13-15-24(17-23)14-11-19-6-8-21(25)9-7-19/h3-9,16,18,25-26H,10-15,17H2,1-2H3. The molecular formula is C23H31NO2. The number of hydrogen-bond donors (Lipinski definition) is 2. The lowest BCUT2D eigenvalue weighted by Gasteiger charge is -2.31. The van der Waals surface area contributed by atoms with Gasteiger partial charge in [0.15, 0.2) is 0 Å². The quantitative estimate of drug-likeness (QED) is 0.757. The van der Waals surface area contributed by atoms with Crippen LogP contribution in [0.1, 0.15) is 44.2 Å². The third-order valence-electron chi connectivity index (χ3n) is 5.74. The fourth-order valence-corrected chi connectivity index (χ4v) is 4.08. The number of phenols is 2. The van der Waals surface area contributed by atoms with E-state index in [0.29, 0.717) is 17.4 Å². The first-order chi connectivity index (χ1) is 12.5. The van der Waals surface area contributed by atoms with Gasteiger partial charge in [0.2, 0.25) is 0 Å². The molecule has 3 nitrogen and oxygen atoms in total. The first kappa shape index (κ1) is 18.8. The molecule has 0 spiro atoms. The van der Waals surface area contributed by atoms with Crippen LogP contribution < -0.4 is 0 Å². The van der Waals surface area contributed by atoms with Gasteiger partial charge in [-0.1, -0.05) is 44.5 Å². The smallest absolute Gasteiger partial charge is 0.115 e. The van der Waals surface area contributed by atoms with E-state index in [1.54, 1.807) is 18.2 Å². The zero-order valence-electron chi connectivity index (χ0n) is 16.0. The van der Waals surface area contributed by atoms with Crippen molar-refractivity contribution in [2.24, 2.45) is 5.92 Å². The van der Waals surface area contributed by atoms with Gasteiger partial charge in [-0.15, -0.1) is 0 Å². The Bertz CT molecular complexity index is 710. The lowest BCUT2D eigenvalue weighted by Crippen LogP contribution is -2.32. The van der Waals surface area contributed by atoms with Gasteiger partial charge >= 0.3 is 0 Å². The topological polar surface area (TPSA) is 43.7 Å². The summed E-state index contributed by atoms with van der Waals surface area (Å²) in [5, 5.41) is 19.4. The predicted molar refractivity (Wildman–Crippen MR) is 107 cm³/mol. The summed E-state index contributed by atoms with van der Waals surface area (Å²) in [6.45, 7) is 7.77. The molecule has 3 heteroatoms. The van der Waals surface area contributed by atoms with Crippen LogP contribution in [0.3, 0.4) is 0 Å². The fourth-order valence-electron chi connectivity index (χ4n) is 4.08. The second-order valence-electron chi connectivity index (χ2n) is 8.21. The summed E-state index contributed by atoms with van der Waals surface area (Å²) in [7, 11) is 0. The van der Waals surface area contributed by atoms with Crippen LogP contribution in [-0.2, 0) is 11.8 Å². The predicted octanol–water partition coefficient (Wildman–Crippen LogP) is 4.72. The Morgan fingerprint density at radius 2 is 1.81 bits per heavy atom. The molecular weight excluding hydrogens is 322 g/mol. The molecule has 1 atom stereocenters. The van der Waals surface area contributed by atoms with E-state index in [9.17, 15) is 10.2 Å². The minimum absolute atomic E-state index is 0.151. The SMILES string of the molecule is CC(C)CCC1(c2cccc(O)c2)CCN(CCc2ccc(O)cc2)C1. The highest BCUT2D eigenvalue weighted by Gasteiger charge is 2.39. The Labute approximate surface area is 157 Å². The average Bonchev–Trinajstić information content (AvgIpc) is 3.04. The maximum Gasteiger partial charge on any atom is 0.115 e. The molecule has 2 aromatic rings. The van der Waals surface area contributed by atoms with E-state index in [2.05, 4.69) is 24.8 Å². The number of phenolic OH excluding ortho intramolecular Hbond substituents is 2. The van der Waals surface area contributed by atoms with E-state index < -0.39 is 0 Å². The Morgan fingerprint density at radius 1 is 1.04 bits per heavy atom. The Morgan fingerprint density at radius 3 is 2.50 bits per heavy atom. The Hall–Kier alpha value is -2.00. The summed E-state index contributed by atoms with van der Waals surface area (Å²) >= 11 is 0. The van der Waals surface area contributed by atoms with Crippen LogP contribution in [0.25, 0.3) is 0 Å². The van der Waals surface area contributed by atoms with Crippen LogP contribution in [0.15, 0.2) is 48.5 Å². The molecule has 0 saturated carbocycles. The number of rotatable bonds is 7. The molecule has 0 aliphatic carbocycles. The number of benzene rings is 2. The summed E-state index contributed by atoms with van der Waals surface area (Å²) in [5.41, 5.74) is 2.70. The molecule has 140 valence electrons. The molecule has 26 heavy (non-hydrogen) atoms. The van der Waals surface area contributed by atoms with Gasteiger partial charge in [0.1, 0.15) is 11.5 Å². The molecule has 1 unspecified atom stereocenters. The molecule has 1 saturated heterocycles. The molecule has 1 heterocycles. The normalized spacial score (nSPS) is 20.7. The molecule has 0 bridgehead atoms. The van der Waals surface area contributed by atoms with Crippen molar-refractivity contribution < 1.29 is 10.2 Å². The van der Waals surface area contributed by atoms with Crippen molar-refractivity contribution in [3.8, 4) is 11.5 Å². The van der Waals surface area contributed by atoms with Crippen LogP contribution in [0.4, 0.5) is 0 Å². The van der Waals surface area contributed by atoms with Crippen molar-refractivity contribution in [1.82, 2.24) is 4.90 Å². The summed E-state index contributed by atoms with van der Waals surface area (Å²) in [4.78, 5) is 2.55. The zero-order valence-corrected chi connectivity index (χ0v) is 16.0. The number of aromatic hydroxyl groups is 2. The Balaban J connectivity index is 1.69. The van der Waals surface area contributed by atoms with Crippen molar-refractivity contribution >= 4 is 0 Å². The lowest BCUT2D eigenvalue weighted by atomic mass is 9.75. The fraction of sp³-hybridized carbons (Fsp3) is 0.478. The summed E-state index contributed by atoms with van der Waals surface area (Å²) < 4.78 is 0. The molecule has 1 aliphatic heterocycles. The van der Waals surface area contributed by atoms with E-state index >= 15 is 0 Å². The van der Waals surface area contributed by atoms with Crippen LogP contribution in [0.2, 0.25) is 0 Å². The van der Waals surface area contributed by atoms with Crippen molar-refractivity contribution in [2.75, 3.05) is 19.6 Å². The number of likely N-dealkylation sites (tertiary alicyclic amines) is 1. The van der Waals surface area contributed by atoms with E-state index in [-0.39, 0.29) is 5.41 Å². The third kappa shape index (κ3) is 4.59. The number of hydrogen-bond acceptors (Lipinski definition) is 3. The highest BCUT2D eigenvalue weighted by atomic mass is 16.3. The molecule has 2 aromatic carbocycles. The van der Waals surface area contributed by atoms with Crippen molar-refractivity contribution in [3.63, 3.8) is 0 Å². The first-order valence-corrected chi connectivity index (χ1v) is 9.77. The third-order valence-corrected chi connectivity index (χ3v) is 5.74. The molecule has 1 fully saturated rings. The average molecular weight is 354 g/mol. The minimum Gasteiger partial charge on any atom is -0.508 e. The van der Waals surface area contributed by atoms with Crippen LogP contribution in [0, 0.1) is 5.92 Å². The first-order valence-electron chi connectivity index (χ1n) is 9.77. The van der Waals surface area contributed by atoms with E-state index in [0.717, 1.165) is 32.5 Å². The second kappa shape index (κ2) is 8.13. The van der Waals surface area contributed by atoms with Gasteiger partial charge in [0, 0.05) is 18.5 Å². The minimum atomic E-state index is 0.151. The maximum absolute atomic E-state index is 9.97. The van der Waals surface area contributed by atoms with Crippen LogP contribution in [0.5, 0.6) is 11.5 Å². The molecule has 0 radical (unpaired) electrons. The van der Waals surface area contributed by atoms with Gasteiger partial charge in [0.05, 0.1) is 0 Å². The van der Waals surface area contributed by atoms with Crippen molar-refractivity contribution in [1.29, 1.82) is 0 Å². The van der Waals surface area contributed by atoms with E-state index in [1.807, 2.05) is 24.3 Å². The van der Waals surface area contributed by atoms with Gasteiger partial charge in [-0.2, -0.15) is 0 Å². The highest BCUT2D eigenvalue weighted by molar-refractivity contribution is 5.34. The second-order valence-corrected chi connectivity index (χ2v) is 8.21. The maximum atomic E-state index is 9.97. The zero-order chi connectivity index (χ0) is 18.6. The summed E-state index contributed by atoms with van der Waals surface area (Å²) in [6, 6.07) is 15.4. The molecule has 3 rings (SSSR count). The molecule has 0 aromatic heterocycles. The highest BCUT2D eigenvalue weighted by Crippen LogP contribution is 2.40. The Kier molecular flexibility index (Phi) is 5.87. The van der Waals surface area contributed by atoms with Gasteiger partial charge < -0.3 is 15.1 Å². The van der Waals surface area contributed by atoms with Gasteiger partial charge in [0.25, 0.3) is 0 Å². The van der Waals surface area contributed by atoms with Gasteiger partial charge in [-0.25, -0.2) is 0 Å². The van der Waals surface area contributed by atoms with Crippen LogP contribution in [-0.4, -0.2) is 34.7 Å². The van der Waals surface area contributed by atoms with Gasteiger partial charge in [-0.3, -0.25) is 0 Å². The van der Waals surface area contributed by atoms with Gasteiger partial charge in [-0.05, 0) is 67.1 Å². The van der Waals surface area contributed by atoms with Crippen LogP contribution >= 0.6 is 0 Å². The largest absolute Gasteiger partial charge is 0.508 e.